The summed E-state index contributed by atoms with van der Waals surface area (Å²) >= 11 is 0. The van der Waals surface area contributed by atoms with Crippen LogP contribution in [0.3, 0.4) is 0 Å². The van der Waals surface area contributed by atoms with Crippen LogP contribution in [0.1, 0.15) is 45.0 Å². The van der Waals surface area contributed by atoms with Gasteiger partial charge < -0.3 is 15.4 Å². The number of ether oxygens (including phenoxy) is 1. The van der Waals surface area contributed by atoms with Crippen molar-refractivity contribution in [1.82, 2.24) is 0 Å². The van der Waals surface area contributed by atoms with E-state index in [2.05, 4.69) is 10.6 Å². The van der Waals surface area contributed by atoms with Crippen LogP contribution in [0.25, 0.3) is 0 Å². The average molecular weight is 394 g/mol. The molecular weight excluding hydrogens is 368 g/mol. The first-order valence-corrected chi connectivity index (χ1v) is 9.25. The van der Waals surface area contributed by atoms with Gasteiger partial charge in [0, 0.05) is 18.6 Å². The fourth-order valence-corrected chi connectivity index (χ4v) is 2.34. The van der Waals surface area contributed by atoms with Crippen molar-refractivity contribution in [2.45, 2.75) is 34.6 Å². The van der Waals surface area contributed by atoms with Crippen LogP contribution in [0.4, 0.5) is 11.4 Å². The molecule has 0 radical (unpaired) electrons. The second-order valence-electron chi connectivity index (χ2n) is 7.69. The molecule has 0 unspecified atom stereocenters. The third-order valence-corrected chi connectivity index (χ3v) is 4.32. The number of para-hydroxylation sites is 2. The topological polar surface area (TPSA) is 84.5 Å². The maximum atomic E-state index is 12.6. The minimum Gasteiger partial charge on any atom is -0.427 e. The van der Waals surface area contributed by atoms with Gasteiger partial charge in [0.25, 0.3) is 5.91 Å². The van der Waals surface area contributed by atoms with Gasteiger partial charge in [-0.1, -0.05) is 44.5 Å². The van der Waals surface area contributed by atoms with E-state index in [1.807, 2.05) is 27.7 Å². The standard InChI is InChI=1S/C23H26N2O4/c1-15(23(3,4)5)13-21(27)24-19-11-6-7-12-20(19)25-22(28)17-9-8-10-18(14-17)29-16(2)26/h6-14H,1-5H3,(H,24,27)(H,25,28)/b15-13+. The van der Waals surface area contributed by atoms with Gasteiger partial charge in [-0.3, -0.25) is 14.4 Å². The van der Waals surface area contributed by atoms with Crippen molar-refractivity contribution in [3.63, 3.8) is 0 Å². The van der Waals surface area contributed by atoms with Crippen molar-refractivity contribution < 1.29 is 19.1 Å². The number of amides is 2. The molecule has 0 atom stereocenters. The van der Waals surface area contributed by atoms with Gasteiger partial charge in [-0.2, -0.15) is 0 Å². The van der Waals surface area contributed by atoms with Crippen LogP contribution in [0.15, 0.2) is 60.2 Å². The lowest BCUT2D eigenvalue weighted by Crippen LogP contribution is -2.17. The molecule has 0 spiro atoms. The van der Waals surface area contributed by atoms with E-state index >= 15 is 0 Å². The monoisotopic (exact) mass is 394 g/mol. The first-order valence-electron chi connectivity index (χ1n) is 9.25. The molecule has 0 heterocycles. The number of anilines is 2. The Labute approximate surface area is 171 Å². The molecule has 0 aliphatic rings. The van der Waals surface area contributed by atoms with E-state index in [9.17, 15) is 14.4 Å². The van der Waals surface area contributed by atoms with Gasteiger partial charge in [-0.15, -0.1) is 0 Å². The maximum Gasteiger partial charge on any atom is 0.308 e. The smallest absolute Gasteiger partial charge is 0.308 e. The molecule has 0 aliphatic carbocycles. The fraction of sp³-hybridized carbons (Fsp3) is 0.261. The molecule has 2 N–H and O–H groups in total. The third kappa shape index (κ3) is 6.60. The summed E-state index contributed by atoms with van der Waals surface area (Å²) in [4.78, 5) is 36.1. The van der Waals surface area contributed by atoms with Gasteiger partial charge in [0.15, 0.2) is 0 Å². The van der Waals surface area contributed by atoms with E-state index in [1.54, 1.807) is 48.5 Å². The second kappa shape index (κ2) is 9.19. The van der Waals surface area contributed by atoms with Crippen LogP contribution in [-0.4, -0.2) is 17.8 Å². The Morgan fingerprint density at radius 3 is 2.10 bits per heavy atom. The van der Waals surface area contributed by atoms with Gasteiger partial charge in [-0.25, -0.2) is 0 Å². The Hall–Kier alpha value is -3.41. The second-order valence-corrected chi connectivity index (χ2v) is 7.69. The van der Waals surface area contributed by atoms with Crippen LogP contribution in [0.5, 0.6) is 5.75 Å². The van der Waals surface area contributed by atoms with E-state index in [1.165, 1.54) is 13.0 Å². The third-order valence-electron chi connectivity index (χ3n) is 4.32. The summed E-state index contributed by atoms with van der Waals surface area (Å²) in [6.07, 6.45) is 1.56. The molecule has 6 nitrogen and oxygen atoms in total. The summed E-state index contributed by atoms with van der Waals surface area (Å²) in [5.41, 5.74) is 2.11. The number of nitrogens with one attached hydrogen (secondary N) is 2. The fourth-order valence-electron chi connectivity index (χ4n) is 2.34. The summed E-state index contributed by atoms with van der Waals surface area (Å²) in [6, 6.07) is 13.3. The molecule has 2 amide bonds. The molecule has 0 saturated carbocycles. The van der Waals surface area contributed by atoms with Gasteiger partial charge in [0.2, 0.25) is 5.91 Å². The van der Waals surface area contributed by atoms with Crippen molar-refractivity contribution in [2.24, 2.45) is 5.41 Å². The van der Waals surface area contributed by atoms with Crippen LogP contribution < -0.4 is 15.4 Å². The SMILES string of the molecule is CC(=O)Oc1cccc(C(=O)Nc2ccccc2NC(=O)/C=C(\C)C(C)(C)C)c1. The van der Waals surface area contributed by atoms with Crippen molar-refractivity contribution in [3.8, 4) is 5.75 Å². The Balaban J connectivity index is 2.18. The van der Waals surface area contributed by atoms with Crippen LogP contribution in [0, 0.1) is 5.41 Å². The molecule has 2 aromatic rings. The zero-order valence-corrected chi connectivity index (χ0v) is 17.3. The normalized spacial score (nSPS) is 11.6. The van der Waals surface area contributed by atoms with E-state index < -0.39 is 5.97 Å². The maximum absolute atomic E-state index is 12.6. The first kappa shape index (κ1) is 21.9. The molecule has 0 fully saturated rings. The molecule has 0 aliphatic heterocycles. The van der Waals surface area contributed by atoms with Crippen molar-refractivity contribution in [1.29, 1.82) is 0 Å². The minimum absolute atomic E-state index is 0.113. The highest BCUT2D eigenvalue weighted by Gasteiger charge is 2.15. The Morgan fingerprint density at radius 2 is 1.52 bits per heavy atom. The number of rotatable bonds is 5. The van der Waals surface area contributed by atoms with E-state index in [4.69, 9.17) is 4.74 Å². The molecule has 2 rings (SSSR count). The largest absolute Gasteiger partial charge is 0.427 e. The lowest BCUT2D eigenvalue weighted by molar-refractivity contribution is -0.131. The molecule has 29 heavy (non-hydrogen) atoms. The summed E-state index contributed by atoms with van der Waals surface area (Å²) in [5, 5.41) is 5.59. The predicted octanol–water partition coefficient (Wildman–Crippen LogP) is 4.80. The highest BCUT2D eigenvalue weighted by molar-refractivity contribution is 6.08. The number of hydrogen-bond acceptors (Lipinski definition) is 4. The number of carbonyl (C=O) groups is 3. The summed E-state index contributed by atoms with van der Waals surface area (Å²) in [5.74, 6) is -0.832. The Bertz CT molecular complexity index is 955. The van der Waals surface area contributed by atoms with E-state index in [0.717, 1.165) is 5.57 Å². The first-order chi connectivity index (χ1) is 13.6. The predicted molar refractivity (Wildman–Crippen MR) is 114 cm³/mol. The van der Waals surface area contributed by atoms with E-state index in [-0.39, 0.29) is 23.0 Å². The zero-order valence-electron chi connectivity index (χ0n) is 17.3. The quantitative estimate of drug-likeness (QED) is 0.434. The molecule has 6 heteroatoms. The lowest BCUT2D eigenvalue weighted by Gasteiger charge is -2.19. The number of allylic oxidation sites excluding steroid dienone is 1. The van der Waals surface area contributed by atoms with Gasteiger partial charge in [0.1, 0.15) is 5.75 Å². The summed E-state index contributed by atoms with van der Waals surface area (Å²) < 4.78 is 5.01. The average Bonchev–Trinajstić information content (AvgIpc) is 2.62. The van der Waals surface area contributed by atoms with Crippen LogP contribution in [0.2, 0.25) is 0 Å². The highest BCUT2D eigenvalue weighted by atomic mass is 16.5. The van der Waals surface area contributed by atoms with Gasteiger partial charge in [0.05, 0.1) is 11.4 Å². The molecule has 152 valence electrons. The van der Waals surface area contributed by atoms with Gasteiger partial charge >= 0.3 is 5.97 Å². The number of carbonyl (C=O) groups excluding carboxylic acids is 3. The Kier molecular flexibility index (Phi) is 6.93. The van der Waals surface area contributed by atoms with Crippen molar-refractivity contribution in [3.05, 3.63) is 65.7 Å². The zero-order chi connectivity index (χ0) is 21.6. The molecule has 2 aromatic carbocycles. The molecular formula is C23H26N2O4. The minimum atomic E-state index is -0.464. The Morgan fingerprint density at radius 1 is 0.897 bits per heavy atom. The molecule has 0 bridgehead atoms. The molecule has 0 saturated heterocycles. The number of hydrogen-bond donors (Lipinski definition) is 2. The summed E-state index contributed by atoms with van der Waals surface area (Å²) in [6.45, 7) is 9.30. The van der Waals surface area contributed by atoms with Crippen LogP contribution in [-0.2, 0) is 9.59 Å². The van der Waals surface area contributed by atoms with Gasteiger partial charge in [-0.05, 0) is 42.7 Å². The van der Waals surface area contributed by atoms with Crippen LogP contribution >= 0.6 is 0 Å². The van der Waals surface area contributed by atoms with Crippen molar-refractivity contribution >= 4 is 29.2 Å². The number of benzene rings is 2. The number of esters is 1. The van der Waals surface area contributed by atoms with E-state index in [0.29, 0.717) is 16.9 Å². The molecule has 0 aromatic heterocycles. The lowest BCUT2D eigenvalue weighted by atomic mass is 9.87. The highest BCUT2D eigenvalue weighted by Crippen LogP contribution is 2.26. The summed E-state index contributed by atoms with van der Waals surface area (Å²) in [7, 11) is 0. The van der Waals surface area contributed by atoms with Crippen molar-refractivity contribution in [2.75, 3.05) is 10.6 Å².